The Morgan fingerprint density at radius 3 is 2.64 bits per heavy atom. The fourth-order valence-electron chi connectivity index (χ4n) is 3.70. The van der Waals surface area contributed by atoms with Crippen LogP contribution >= 0.6 is 0 Å². The third-order valence-corrected chi connectivity index (χ3v) is 5.01. The van der Waals surface area contributed by atoms with Crippen LogP contribution in [0.4, 0.5) is 0 Å². The van der Waals surface area contributed by atoms with Crippen molar-refractivity contribution in [3.05, 3.63) is 38.7 Å². The van der Waals surface area contributed by atoms with E-state index in [0.29, 0.717) is 24.3 Å². The molecule has 1 aliphatic carbocycles. The number of aromatic nitrogens is 3. The van der Waals surface area contributed by atoms with E-state index in [-0.39, 0.29) is 17.3 Å². The number of amides is 1. The summed E-state index contributed by atoms with van der Waals surface area (Å²) in [5.74, 6) is -0.0996. The minimum atomic E-state index is -0.507. The first-order chi connectivity index (χ1) is 12.1. The summed E-state index contributed by atoms with van der Waals surface area (Å²) in [5.41, 5.74) is -0.281. The minimum absolute atomic E-state index is 0.0996. The van der Waals surface area contributed by atoms with Crippen molar-refractivity contribution in [3.63, 3.8) is 0 Å². The summed E-state index contributed by atoms with van der Waals surface area (Å²) in [6, 6.07) is 1.81. The van der Waals surface area contributed by atoms with E-state index in [2.05, 4.69) is 9.97 Å². The van der Waals surface area contributed by atoms with Gasteiger partial charge in [0.25, 0.3) is 11.5 Å². The highest BCUT2D eigenvalue weighted by molar-refractivity contribution is 5.96. The summed E-state index contributed by atoms with van der Waals surface area (Å²) < 4.78 is 1.39. The maximum absolute atomic E-state index is 13.0. The Bertz CT molecular complexity index is 893. The third kappa shape index (κ3) is 3.23. The van der Waals surface area contributed by atoms with E-state index in [4.69, 9.17) is 0 Å². The molecule has 7 nitrogen and oxygen atoms in total. The predicted octanol–water partition coefficient (Wildman–Crippen LogP) is 1.90. The van der Waals surface area contributed by atoms with Gasteiger partial charge in [0.05, 0.1) is 10.9 Å². The summed E-state index contributed by atoms with van der Waals surface area (Å²) >= 11 is 0. The molecule has 0 bridgehead atoms. The van der Waals surface area contributed by atoms with E-state index in [1.54, 1.807) is 6.07 Å². The molecular weight excluding hydrogens is 320 g/mol. The van der Waals surface area contributed by atoms with Crippen LogP contribution in [0.2, 0.25) is 0 Å². The molecule has 0 saturated heterocycles. The lowest BCUT2D eigenvalue weighted by Gasteiger charge is -2.33. The topological polar surface area (TPSA) is 88.1 Å². The second-order valence-corrected chi connectivity index (χ2v) is 6.48. The molecule has 1 amide bonds. The van der Waals surface area contributed by atoms with Crippen molar-refractivity contribution in [2.24, 2.45) is 0 Å². The zero-order chi connectivity index (χ0) is 18.0. The Morgan fingerprint density at radius 1 is 1.28 bits per heavy atom. The van der Waals surface area contributed by atoms with Gasteiger partial charge in [0.1, 0.15) is 5.65 Å². The molecule has 1 N–H and O–H groups in total. The van der Waals surface area contributed by atoms with Gasteiger partial charge < -0.3 is 4.90 Å². The van der Waals surface area contributed by atoms with Crippen LogP contribution in [0.3, 0.4) is 0 Å². The molecule has 2 heterocycles. The van der Waals surface area contributed by atoms with E-state index in [1.165, 1.54) is 17.2 Å². The van der Waals surface area contributed by atoms with Gasteiger partial charge in [0.2, 0.25) is 0 Å². The van der Waals surface area contributed by atoms with Crippen molar-refractivity contribution in [1.29, 1.82) is 0 Å². The fraction of sp³-hybridized carbons (Fsp3) is 0.556. The Kier molecular flexibility index (Phi) is 5.01. The number of fused-ring (bicyclic) bond motifs is 1. The molecule has 2 aromatic heterocycles. The molecule has 1 fully saturated rings. The van der Waals surface area contributed by atoms with E-state index < -0.39 is 11.2 Å². The molecule has 2 aromatic rings. The molecule has 25 heavy (non-hydrogen) atoms. The molecule has 0 aromatic carbocycles. The van der Waals surface area contributed by atoms with Gasteiger partial charge in [0.15, 0.2) is 0 Å². The Balaban J connectivity index is 2.02. The predicted molar refractivity (Wildman–Crippen MR) is 95.9 cm³/mol. The van der Waals surface area contributed by atoms with Crippen LogP contribution in [0, 0.1) is 0 Å². The lowest BCUT2D eigenvalue weighted by molar-refractivity contribution is 0.0647. The van der Waals surface area contributed by atoms with Crippen molar-refractivity contribution >= 4 is 16.9 Å². The average molecular weight is 344 g/mol. The van der Waals surface area contributed by atoms with Crippen molar-refractivity contribution in [2.75, 3.05) is 6.54 Å². The number of aryl methyl sites for hydroxylation is 1. The van der Waals surface area contributed by atoms with Crippen LogP contribution in [-0.4, -0.2) is 37.9 Å². The number of nitrogens with zero attached hydrogens (tertiary/aromatic N) is 3. The van der Waals surface area contributed by atoms with E-state index in [0.717, 1.165) is 25.7 Å². The van der Waals surface area contributed by atoms with Gasteiger partial charge in [-0.25, -0.2) is 9.78 Å². The first-order valence-corrected chi connectivity index (χ1v) is 9.00. The summed E-state index contributed by atoms with van der Waals surface area (Å²) in [6.45, 7) is 4.81. The van der Waals surface area contributed by atoms with E-state index in [1.807, 2.05) is 18.7 Å². The van der Waals surface area contributed by atoms with E-state index >= 15 is 0 Å². The molecule has 3 rings (SSSR count). The van der Waals surface area contributed by atoms with Crippen LogP contribution in [0.25, 0.3) is 11.0 Å². The van der Waals surface area contributed by atoms with Crippen molar-refractivity contribution < 1.29 is 4.79 Å². The highest BCUT2D eigenvalue weighted by atomic mass is 16.2. The van der Waals surface area contributed by atoms with Gasteiger partial charge in [0, 0.05) is 25.3 Å². The van der Waals surface area contributed by atoms with Crippen LogP contribution in [0.15, 0.2) is 21.9 Å². The molecule has 134 valence electrons. The number of pyridine rings is 1. The van der Waals surface area contributed by atoms with Gasteiger partial charge in [-0.15, -0.1) is 0 Å². The summed E-state index contributed by atoms with van der Waals surface area (Å²) in [4.78, 5) is 45.4. The highest BCUT2D eigenvalue weighted by Gasteiger charge is 2.25. The van der Waals surface area contributed by atoms with Crippen molar-refractivity contribution in [3.8, 4) is 0 Å². The second kappa shape index (κ2) is 7.21. The molecule has 0 aliphatic heterocycles. The number of hydrogen-bond acceptors (Lipinski definition) is 4. The molecule has 0 atom stereocenters. The van der Waals surface area contributed by atoms with Crippen molar-refractivity contribution in [2.45, 2.75) is 58.5 Å². The fourth-order valence-corrected chi connectivity index (χ4v) is 3.70. The summed E-state index contributed by atoms with van der Waals surface area (Å²) in [5, 5.41) is 0.270. The SMILES string of the molecule is CCN(C(=O)c1cnc2c(c1)c(=O)[nH]c(=O)n2CC)C1CCCCC1. The summed E-state index contributed by atoms with van der Waals surface area (Å²) in [6.07, 6.45) is 7.04. The number of carbonyl (C=O) groups excluding carboxylic acids is 1. The van der Waals surface area contributed by atoms with Gasteiger partial charge >= 0.3 is 5.69 Å². The van der Waals surface area contributed by atoms with Crippen LogP contribution in [-0.2, 0) is 6.54 Å². The van der Waals surface area contributed by atoms with Gasteiger partial charge in [-0.05, 0) is 32.8 Å². The smallest absolute Gasteiger partial charge is 0.329 e. The monoisotopic (exact) mass is 344 g/mol. The molecule has 1 aliphatic rings. The Hall–Kier alpha value is -2.44. The zero-order valence-electron chi connectivity index (χ0n) is 14.7. The van der Waals surface area contributed by atoms with Gasteiger partial charge in [-0.2, -0.15) is 0 Å². The van der Waals surface area contributed by atoms with Crippen molar-refractivity contribution in [1.82, 2.24) is 19.4 Å². The molecule has 1 saturated carbocycles. The quantitative estimate of drug-likeness (QED) is 0.917. The standard InChI is InChI=1S/C18H24N4O3/c1-3-21(13-8-6-5-7-9-13)17(24)12-10-14-15(19-11-12)22(4-2)18(25)20-16(14)23/h10-11,13H,3-9H2,1-2H3,(H,20,23,25). The largest absolute Gasteiger partial charge is 0.336 e. The maximum Gasteiger partial charge on any atom is 0.329 e. The summed E-state index contributed by atoms with van der Waals surface area (Å²) in [7, 11) is 0. The number of aromatic amines is 1. The Labute approximate surface area is 145 Å². The van der Waals surface area contributed by atoms with Gasteiger partial charge in [-0.1, -0.05) is 19.3 Å². The maximum atomic E-state index is 13.0. The number of H-pyrrole nitrogens is 1. The third-order valence-electron chi connectivity index (χ3n) is 5.01. The normalized spacial score (nSPS) is 15.4. The highest BCUT2D eigenvalue weighted by Crippen LogP contribution is 2.24. The molecule has 0 spiro atoms. The molecule has 7 heteroatoms. The zero-order valence-corrected chi connectivity index (χ0v) is 14.7. The number of carbonyl (C=O) groups is 1. The number of nitrogens with one attached hydrogen (secondary N) is 1. The van der Waals surface area contributed by atoms with Gasteiger partial charge in [-0.3, -0.25) is 19.1 Å². The molecule has 0 unspecified atom stereocenters. The molecular formula is C18H24N4O3. The van der Waals surface area contributed by atoms with Crippen LogP contribution < -0.4 is 11.2 Å². The second-order valence-electron chi connectivity index (χ2n) is 6.48. The minimum Gasteiger partial charge on any atom is -0.336 e. The first-order valence-electron chi connectivity index (χ1n) is 9.00. The van der Waals surface area contributed by atoms with E-state index in [9.17, 15) is 14.4 Å². The van der Waals surface area contributed by atoms with Crippen LogP contribution in [0.5, 0.6) is 0 Å². The van der Waals surface area contributed by atoms with Crippen LogP contribution in [0.1, 0.15) is 56.3 Å². The first kappa shape index (κ1) is 17.4. The lowest BCUT2D eigenvalue weighted by Crippen LogP contribution is -2.41. The average Bonchev–Trinajstić information content (AvgIpc) is 2.63. The number of hydrogen-bond donors (Lipinski definition) is 1. The lowest BCUT2D eigenvalue weighted by atomic mass is 9.94. The Morgan fingerprint density at radius 2 is 2.00 bits per heavy atom. The number of rotatable bonds is 4. The molecule has 0 radical (unpaired) electrons.